The van der Waals surface area contributed by atoms with Crippen LogP contribution in [0.2, 0.25) is 5.02 Å². The molecule has 0 aliphatic rings. The van der Waals surface area contributed by atoms with Gasteiger partial charge in [-0.05, 0) is 47.3 Å². The number of nitrogens with zero attached hydrogens (tertiary/aromatic N) is 1. The van der Waals surface area contributed by atoms with Crippen LogP contribution in [0.5, 0.6) is 0 Å². The van der Waals surface area contributed by atoms with Gasteiger partial charge in [0.15, 0.2) is 0 Å². The Bertz CT molecular complexity index is 788. The second kappa shape index (κ2) is 7.26. The zero-order valence-electron chi connectivity index (χ0n) is 12.1. The van der Waals surface area contributed by atoms with E-state index in [1.54, 1.807) is 41.8 Å². The zero-order chi connectivity index (χ0) is 16.1. The maximum Gasteiger partial charge on any atom is 0.319 e. The van der Waals surface area contributed by atoms with Gasteiger partial charge in [0.1, 0.15) is 0 Å². The third-order valence-electron chi connectivity index (χ3n) is 3.23. The fourth-order valence-electron chi connectivity index (χ4n) is 2.12. The minimum absolute atomic E-state index is 0.271. The third-order valence-corrected chi connectivity index (χ3v) is 4.16. The fraction of sp³-hybridized carbons (Fsp3) is 0.0588. The predicted molar refractivity (Wildman–Crippen MR) is 94.9 cm³/mol. The van der Waals surface area contributed by atoms with Crippen LogP contribution in [0.15, 0.2) is 59.4 Å². The van der Waals surface area contributed by atoms with Gasteiger partial charge in [-0.25, -0.2) is 4.79 Å². The van der Waals surface area contributed by atoms with Gasteiger partial charge in [0.25, 0.3) is 0 Å². The van der Waals surface area contributed by atoms with Crippen LogP contribution in [0.3, 0.4) is 0 Å². The number of thiophene rings is 1. The molecule has 2 N–H and O–H groups in total. The van der Waals surface area contributed by atoms with Gasteiger partial charge >= 0.3 is 6.03 Å². The van der Waals surface area contributed by atoms with Crippen molar-refractivity contribution >= 4 is 34.7 Å². The summed E-state index contributed by atoms with van der Waals surface area (Å²) in [5.74, 6) is 0. The monoisotopic (exact) mass is 343 g/mol. The van der Waals surface area contributed by atoms with Crippen molar-refractivity contribution in [2.45, 2.75) is 6.54 Å². The lowest BCUT2D eigenvalue weighted by Gasteiger charge is -2.10. The SMILES string of the molecule is O=C(NCc1cccnc1-c1ccsc1)Nc1ccc(Cl)cc1. The Morgan fingerprint density at radius 3 is 2.74 bits per heavy atom. The van der Waals surface area contributed by atoms with E-state index in [1.165, 1.54) is 0 Å². The topological polar surface area (TPSA) is 54.0 Å². The summed E-state index contributed by atoms with van der Waals surface area (Å²) < 4.78 is 0. The van der Waals surface area contributed by atoms with E-state index >= 15 is 0 Å². The summed E-state index contributed by atoms with van der Waals surface area (Å²) in [7, 11) is 0. The molecule has 0 unspecified atom stereocenters. The Morgan fingerprint density at radius 1 is 1.17 bits per heavy atom. The van der Waals surface area contributed by atoms with Crippen molar-refractivity contribution in [1.29, 1.82) is 0 Å². The van der Waals surface area contributed by atoms with Crippen molar-refractivity contribution in [2.75, 3.05) is 5.32 Å². The van der Waals surface area contributed by atoms with Crippen molar-refractivity contribution in [3.63, 3.8) is 0 Å². The van der Waals surface area contributed by atoms with E-state index in [0.29, 0.717) is 17.3 Å². The largest absolute Gasteiger partial charge is 0.334 e. The number of rotatable bonds is 4. The summed E-state index contributed by atoms with van der Waals surface area (Å²) in [5.41, 5.74) is 3.61. The van der Waals surface area contributed by atoms with Gasteiger partial charge in [0, 0.05) is 34.4 Å². The zero-order valence-corrected chi connectivity index (χ0v) is 13.7. The van der Waals surface area contributed by atoms with Gasteiger partial charge in [0.2, 0.25) is 0 Å². The molecule has 0 saturated carbocycles. The van der Waals surface area contributed by atoms with E-state index in [9.17, 15) is 4.79 Å². The van der Waals surface area contributed by atoms with Crippen LogP contribution >= 0.6 is 22.9 Å². The maximum absolute atomic E-state index is 12.0. The second-order valence-corrected chi connectivity index (χ2v) is 6.05. The van der Waals surface area contributed by atoms with Gasteiger partial charge in [-0.2, -0.15) is 11.3 Å². The van der Waals surface area contributed by atoms with Crippen molar-refractivity contribution in [3.8, 4) is 11.3 Å². The van der Waals surface area contributed by atoms with Crippen LogP contribution in [0.25, 0.3) is 11.3 Å². The van der Waals surface area contributed by atoms with Crippen LogP contribution in [0.4, 0.5) is 10.5 Å². The van der Waals surface area contributed by atoms with Gasteiger partial charge in [0.05, 0.1) is 5.69 Å². The molecule has 2 heterocycles. The number of benzene rings is 1. The molecule has 6 heteroatoms. The van der Waals surface area contributed by atoms with E-state index in [2.05, 4.69) is 15.6 Å². The summed E-state index contributed by atoms with van der Waals surface area (Å²) in [5, 5.41) is 10.3. The van der Waals surface area contributed by atoms with Gasteiger partial charge in [-0.1, -0.05) is 17.7 Å². The van der Waals surface area contributed by atoms with Gasteiger partial charge in [-0.3, -0.25) is 4.98 Å². The summed E-state index contributed by atoms with van der Waals surface area (Å²) in [6.45, 7) is 0.401. The van der Waals surface area contributed by atoms with Crippen LogP contribution < -0.4 is 10.6 Å². The Hall–Kier alpha value is -2.37. The highest BCUT2D eigenvalue weighted by Crippen LogP contribution is 2.23. The quantitative estimate of drug-likeness (QED) is 0.716. The van der Waals surface area contributed by atoms with Crippen LogP contribution in [0.1, 0.15) is 5.56 Å². The molecule has 2 aromatic heterocycles. The van der Waals surface area contributed by atoms with E-state index in [1.807, 2.05) is 29.0 Å². The standard InChI is InChI=1S/C17H14ClN3OS/c18-14-3-5-15(6-4-14)21-17(22)20-10-12-2-1-8-19-16(12)13-7-9-23-11-13/h1-9,11H,10H2,(H2,20,21,22). The molecule has 0 spiro atoms. The Kier molecular flexibility index (Phi) is 4.90. The highest BCUT2D eigenvalue weighted by molar-refractivity contribution is 7.08. The number of urea groups is 1. The molecule has 1 aromatic carbocycles. The molecule has 0 fully saturated rings. The molecule has 0 bridgehead atoms. The maximum atomic E-state index is 12.0. The normalized spacial score (nSPS) is 10.3. The van der Waals surface area contributed by atoms with Crippen molar-refractivity contribution in [2.24, 2.45) is 0 Å². The van der Waals surface area contributed by atoms with Crippen LogP contribution in [-0.4, -0.2) is 11.0 Å². The van der Waals surface area contributed by atoms with Crippen LogP contribution in [0, 0.1) is 0 Å². The number of anilines is 1. The average Bonchev–Trinajstić information content (AvgIpc) is 3.10. The van der Waals surface area contributed by atoms with E-state index in [0.717, 1.165) is 16.8 Å². The van der Waals surface area contributed by atoms with Gasteiger partial charge < -0.3 is 10.6 Å². The van der Waals surface area contributed by atoms with E-state index in [-0.39, 0.29) is 6.03 Å². The molecule has 3 aromatic rings. The highest BCUT2D eigenvalue weighted by Gasteiger charge is 2.08. The molecular weight excluding hydrogens is 330 g/mol. The molecule has 3 rings (SSSR count). The molecule has 0 radical (unpaired) electrons. The van der Waals surface area contributed by atoms with Crippen LogP contribution in [-0.2, 0) is 6.54 Å². The number of aromatic nitrogens is 1. The molecule has 4 nitrogen and oxygen atoms in total. The number of nitrogens with one attached hydrogen (secondary N) is 2. The lowest BCUT2D eigenvalue weighted by molar-refractivity contribution is 0.252. The minimum atomic E-state index is -0.271. The summed E-state index contributed by atoms with van der Waals surface area (Å²) >= 11 is 7.44. The molecule has 0 aliphatic carbocycles. The van der Waals surface area contributed by atoms with Crippen molar-refractivity contribution < 1.29 is 4.79 Å². The molecule has 0 saturated heterocycles. The Balaban J connectivity index is 1.64. The number of carbonyl (C=O) groups excluding carboxylic acids is 1. The first kappa shape index (κ1) is 15.5. The molecule has 116 valence electrons. The minimum Gasteiger partial charge on any atom is -0.334 e. The lowest BCUT2D eigenvalue weighted by Crippen LogP contribution is -2.28. The van der Waals surface area contributed by atoms with Crippen molar-refractivity contribution in [1.82, 2.24) is 10.3 Å². The summed E-state index contributed by atoms with van der Waals surface area (Å²) in [6, 6.07) is 12.5. The molecule has 23 heavy (non-hydrogen) atoms. The molecule has 0 aliphatic heterocycles. The molecule has 0 atom stereocenters. The lowest BCUT2D eigenvalue weighted by atomic mass is 10.1. The number of amides is 2. The number of hydrogen-bond donors (Lipinski definition) is 2. The number of hydrogen-bond acceptors (Lipinski definition) is 3. The first-order chi connectivity index (χ1) is 11.2. The molecule has 2 amide bonds. The average molecular weight is 344 g/mol. The molecular formula is C17H14ClN3OS. The Labute approximate surface area is 143 Å². The first-order valence-corrected chi connectivity index (χ1v) is 8.31. The van der Waals surface area contributed by atoms with E-state index in [4.69, 9.17) is 11.6 Å². The fourth-order valence-corrected chi connectivity index (χ4v) is 2.89. The van der Waals surface area contributed by atoms with Crippen molar-refractivity contribution in [3.05, 3.63) is 70.0 Å². The van der Waals surface area contributed by atoms with E-state index < -0.39 is 0 Å². The Morgan fingerprint density at radius 2 is 2.00 bits per heavy atom. The number of halogens is 1. The van der Waals surface area contributed by atoms with Gasteiger partial charge in [-0.15, -0.1) is 0 Å². The number of pyridine rings is 1. The summed E-state index contributed by atoms with van der Waals surface area (Å²) in [4.78, 5) is 16.4. The summed E-state index contributed by atoms with van der Waals surface area (Å²) in [6.07, 6.45) is 1.75. The highest BCUT2D eigenvalue weighted by atomic mass is 35.5. The number of carbonyl (C=O) groups is 1. The second-order valence-electron chi connectivity index (χ2n) is 4.84. The predicted octanol–water partition coefficient (Wildman–Crippen LogP) is 4.79. The first-order valence-electron chi connectivity index (χ1n) is 6.99. The third kappa shape index (κ3) is 4.09. The smallest absolute Gasteiger partial charge is 0.319 e.